The molecule has 0 N–H and O–H groups in total. The Morgan fingerprint density at radius 1 is 0.607 bits per heavy atom. The number of nitrogens with zero attached hydrogens (tertiary/aromatic N) is 1. The number of benzene rings is 4. The Balaban J connectivity index is 2.02. The molecule has 0 aromatic heterocycles. The number of para-hydroxylation sites is 1. The minimum absolute atomic E-state index is 0.984. The van der Waals surface area contributed by atoms with Crippen molar-refractivity contribution >= 4 is 27.5 Å². The van der Waals surface area contributed by atoms with Crippen LogP contribution in [0.15, 0.2) is 103 Å². The molecule has 0 fully saturated rings. The van der Waals surface area contributed by atoms with Gasteiger partial charge in [0.2, 0.25) is 0 Å². The van der Waals surface area contributed by atoms with Crippen molar-refractivity contribution in [3.63, 3.8) is 0 Å². The first-order chi connectivity index (χ1) is 13.8. The third-order valence-electron chi connectivity index (χ3n) is 4.97. The van der Waals surface area contributed by atoms with Crippen LogP contribution in [-0.4, -0.2) is 0 Å². The molecule has 0 unspecified atom stereocenters. The SMILES string of the molecule is CCc1ccc(N(Br)c2ccccc2)c(-c2ccccc2)c1-c1ccccc1. The van der Waals surface area contributed by atoms with Crippen molar-refractivity contribution in [2.45, 2.75) is 13.3 Å². The van der Waals surface area contributed by atoms with Crippen molar-refractivity contribution in [3.8, 4) is 22.3 Å². The summed E-state index contributed by atoms with van der Waals surface area (Å²) >= 11 is 3.83. The average molecular weight is 428 g/mol. The number of rotatable bonds is 5. The maximum atomic E-state index is 3.83. The molecule has 28 heavy (non-hydrogen) atoms. The maximum absolute atomic E-state index is 3.83. The maximum Gasteiger partial charge on any atom is 0.0610 e. The smallest absolute Gasteiger partial charge is 0.0610 e. The summed E-state index contributed by atoms with van der Waals surface area (Å²) in [5, 5.41) is 0. The minimum atomic E-state index is 0.984. The van der Waals surface area contributed by atoms with E-state index >= 15 is 0 Å². The lowest BCUT2D eigenvalue weighted by atomic mass is 9.88. The van der Waals surface area contributed by atoms with E-state index in [-0.39, 0.29) is 0 Å². The Labute approximate surface area is 175 Å². The van der Waals surface area contributed by atoms with Gasteiger partial charge in [-0.05, 0) is 46.9 Å². The van der Waals surface area contributed by atoms with Gasteiger partial charge in [-0.1, -0.05) is 91.9 Å². The summed E-state index contributed by atoms with van der Waals surface area (Å²) < 4.78 is 2.10. The van der Waals surface area contributed by atoms with Crippen LogP contribution < -0.4 is 3.93 Å². The zero-order valence-electron chi connectivity index (χ0n) is 15.8. The van der Waals surface area contributed by atoms with Gasteiger partial charge in [-0.15, -0.1) is 0 Å². The van der Waals surface area contributed by atoms with Gasteiger partial charge in [-0.3, -0.25) is 3.93 Å². The fourth-order valence-electron chi connectivity index (χ4n) is 3.62. The summed E-state index contributed by atoms with van der Waals surface area (Å²) in [6.07, 6.45) is 0.984. The summed E-state index contributed by atoms with van der Waals surface area (Å²) in [6, 6.07) is 36.2. The molecular weight excluding hydrogens is 406 g/mol. The normalized spacial score (nSPS) is 10.6. The average Bonchev–Trinajstić information content (AvgIpc) is 2.79. The number of hydrogen-bond donors (Lipinski definition) is 0. The van der Waals surface area contributed by atoms with E-state index in [0.29, 0.717) is 0 Å². The lowest BCUT2D eigenvalue weighted by molar-refractivity contribution is 1.14. The third-order valence-corrected chi connectivity index (χ3v) is 5.76. The standard InChI is InChI=1S/C26H22BrN/c1-2-20-18-19-24(28(27)23-16-10-5-11-17-23)26(22-14-8-4-9-15-22)25(20)21-12-6-3-7-13-21/h3-19H,2H2,1H3. The molecule has 4 rings (SSSR count). The van der Waals surface area contributed by atoms with Crippen molar-refractivity contribution in [2.24, 2.45) is 0 Å². The molecule has 4 aromatic carbocycles. The Morgan fingerprint density at radius 2 is 1.11 bits per heavy atom. The van der Waals surface area contributed by atoms with Gasteiger partial charge in [0, 0.05) is 5.56 Å². The quantitative estimate of drug-likeness (QED) is 0.291. The Hall–Kier alpha value is -2.84. The van der Waals surface area contributed by atoms with E-state index in [4.69, 9.17) is 0 Å². The third kappa shape index (κ3) is 3.61. The molecule has 0 bridgehead atoms. The van der Waals surface area contributed by atoms with Crippen LogP contribution in [0.2, 0.25) is 0 Å². The van der Waals surface area contributed by atoms with Crippen molar-refractivity contribution in [1.82, 2.24) is 0 Å². The first-order valence-corrected chi connectivity index (χ1v) is 10.3. The first-order valence-electron chi connectivity index (χ1n) is 9.57. The van der Waals surface area contributed by atoms with Crippen LogP contribution in [0.4, 0.5) is 11.4 Å². The summed E-state index contributed by atoms with van der Waals surface area (Å²) in [4.78, 5) is 0. The molecule has 0 saturated heterocycles. The van der Waals surface area contributed by atoms with E-state index in [0.717, 1.165) is 17.8 Å². The lowest BCUT2D eigenvalue weighted by Gasteiger charge is -2.25. The van der Waals surface area contributed by atoms with Gasteiger partial charge >= 0.3 is 0 Å². The highest BCUT2D eigenvalue weighted by Gasteiger charge is 2.19. The van der Waals surface area contributed by atoms with Crippen LogP contribution in [0.5, 0.6) is 0 Å². The lowest BCUT2D eigenvalue weighted by Crippen LogP contribution is -2.05. The van der Waals surface area contributed by atoms with Crippen LogP contribution in [0.3, 0.4) is 0 Å². The highest BCUT2D eigenvalue weighted by molar-refractivity contribution is 9.10. The number of aryl methyl sites for hydroxylation is 1. The summed E-state index contributed by atoms with van der Waals surface area (Å²) in [5.41, 5.74) is 8.58. The molecule has 0 aliphatic rings. The van der Waals surface area contributed by atoms with E-state index in [9.17, 15) is 0 Å². The topological polar surface area (TPSA) is 3.24 Å². The van der Waals surface area contributed by atoms with Crippen LogP contribution >= 0.6 is 16.1 Å². The van der Waals surface area contributed by atoms with Crippen LogP contribution in [0.25, 0.3) is 22.3 Å². The molecule has 1 nitrogen and oxygen atoms in total. The molecule has 4 aromatic rings. The van der Waals surface area contributed by atoms with E-state index in [1.807, 2.05) is 6.07 Å². The van der Waals surface area contributed by atoms with Gasteiger partial charge in [0.15, 0.2) is 0 Å². The van der Waals surface area contributed by atoms with Gasteiger partial charge in [0.25, 0.3) is 0 Å². The Kier molecular flexibility index (Phi) is 5.59. The predicted octanol–water partition coefficient (Wildman–Crippen LogP) is 8.03. The molecule has 2 heteroatoms. The van der Waals surface area contributed by atoms with Crippen molar-refractivity contribution < 1.29 is 0 Å². The summed E-state index contributed by atoms with van der Waals surface area (Å²) in [7, 11) is 0. The fourth-order valence-corrected chi connectivity index (χ4v) is 4.15. The van der Waals surface area contributed by atoms with E-state index in [1.165, 1.54) is 27.8 Å². The van der Waals surface area contributed by atoms with Gasteiger partial charge < -0.3 is 0 Å². The van der Waals surface area contributed by atoms with Gasteiger partial charge in [0.1, 0.15) is 0 Å². The predicted molar refractivity (Wildman–Crippen MR) is 124 cm³/mol. The zero-order valence-corrected chi connectivity index (χ0v) is 17.4. The molecule has 0 saturated carbocycles. The van der Waals surface area contributed by atoms with Gasteiger partial charge in [-0.2, -0.15) is 0 Å². The zero-order chi connectivity index (χ0) is 19.3. The largest absolute Gasteiger partial charge is 0.276 e. The number of halogens is 1. The highest BCUT2D eigenvalue weighted by atomic mass is 79.9. The van der Waals surface area contributed by atoms with Gasteiger partial charge in [0.05, 0.1) is 27.5 Å². The molecule has 0 aliphatic heterocycles. The first kappa shape index (κ1) is 18.5. The molecular formula is C26H22BrN. The van der Waals surface area contributed by atoms with Crippen molar-refractivity contribution in [2.75, 3.05) is 3.93 Å². The molecule has 0 heterocycles. The second-order valence-electron chi connectivity index (χ2n) is 6.70. The van der Waals surface area contributed by atoms with E-state index < -0.39 is 0 Å². The van der Waals surface area contributed by atoms with Crippen LogP contribution in [0.1, 0.15) is 12.5 Å². The molecule has 0 atom stereocenters. The molecule has 0 amide bonds. The monoisotopic (exact) mass is 427 g/mol. The van der Waals surface area contributed by atoms with Crippen LogP contribution in [0, 0.1) is 0 Å². The second-order valence-corrected chi connectivity index (χ2v) is 7.41. The summed E-state index contributed by atoms with van der Waals surface area (Å²) in [6.45, 7) is 2.22. The Bertz CT molecular complexity index is 1040. The molecule has 0 aliphatic carbocycles. The molecule has 0 spiro atoms. The molecule has 138 valence electrons. The summed E-state index contributed by atoms with van der Waals surface area (Å²) in [5.74, 6) is 0. The van der Waals surface area contributed by atoms with Gasteiger partial charge in [-0.25, -0.2) is 0 Å². The van der Waals surface area contributed by atoms with E-state index in [2.05, 4.69) is 124 Å². The fraction of sp³-hybridized carbons (Fsp3) is 0.0769. The minimum Gasteiger partial charge on any atom is -0.276 e. The van der Waals surface area contributed by atoms with Crippen molar-refractivity contribution in [3.05, 3.63) is 109 Å². The number of anilines is 2. The number of hydrogen-bond acceptors (Lipinski definition) is 1. The van der Waals surface area contributed by atoms with Crippen molar-refractivity contribution in [1.29, 1.82) is 0 Å². The van der Waals surface area contributed by atoms with Crippen LogP contribution in [-0.2, 0) is 6.42 Å². The van der Waals surface area contributed by atoms with E-state index in [1.54, 1.807) is 0 Å². The highest BCUT2D eigenvalue weighted by Crippen LogP contribution is 2.45. The second kappa shape index (κ2) is 8.45. The molecule has 0 radical (unpaired) electrons. The Morgan fingerprint density at radius 3 is 1.64 bits per heavy atom.